The summed E-state index contributed by atoms with van der Waals surface area (Å²) in [5.41, 5.74) is 2.35. The average Bonchev–Trinajstić information content (AvgIpc) is 2.37. The number of carbonyl (C=O) groups is 1. The molecule has 0 saturated carbocycles. The van der Waals surface area contributed by atoms with E-state index < -0.39 is 0 Å². The molecular formula is C14H20BrNO2S. The first-order chi connectivity index (χ1) is 9.04. The Labute approximate surface area is 127 Å². The largest absolute Gasteiger partial charge is 0.396 e. The molecule has 2 N–H and O–H groups in total. The lowest BCUT2D eigenvalue weighted by atomic mass is 10.2. The lowest BCUT2D eigenvalue weighted by Crippen LogP contribution is -2.26. The van der Waals surface area contributed by atoms with Crippen molar-refractivity contribution in [3.63, 3.8) is 0 Å². The van der Waals surface area contributed by atoms with Crippen LogP contribution in [-0.2, 0) is 4.79 Å². The summed E-state index contributed by atoms with van der Waals surface area (Å²) >= 11 is 5.06. The third kappa shape index (κ3) is 5.97. The highest BCUT2D eigenvalue weighted by molar-refractivity contribution is 9.10. The van der Waals surface area contributed by atoms with Crippen molar-refractivity contribution in [1.29, 1.82) is 0 Å². The molecule has 1 rings (SSSR count). The summed E-state index contributed by atoms with van der Waals surface area (Å²) < 4.78 is 1.10. The summed E-state index contributed by atoms with van der Waals surface area (Å²) in [6, 6.07) is 4.18. The molecule has 0 unspecified atom stereocenters. The molecule has 0 bridgehead atoms. The number of hydrogen-bond acceptors (Lipinski definition) is 3. The van der Waals surface area contributed by atoms with Crippen molar-refractivity contribution in [2.45, 2.75) is 31.6 Å². The number of rotatable bonds is 7. The standard InChI is InChI=1S/C14H20BrNO2S/c1-10-8-13(11(2)7-12(10)15)19-9-14(18)16-5-3-4-6-17/h7-8,17H,3-6,9H2,1-2H3,(H,16,18). The Balaban J connectivity index is 2.40. The number of aliphatic hydroxyl groups excluding tert-OH is 1. The Bertz CT molecular complexity index is 438. The van der Waals surface area contributed by atoms with E-state index in [2.05, 4.69) is 33.4 Å². The molecule has 1 amide bonds. The molecule has 0 heterocycles. The van der Waals surface area contributed by atoms with Crippen molar-refractivity contribution in [3.8, 4) is 0 Å². The maximum absolute atomic E-state index is 11.6. The summed E-state index contributed by atoms with van der Waals surface area (Å²) in [5.74, 6) is 0.476. The molecule has 1 aromatic rings. The molecule has 0 radical (unpaired) electrons. The van der Waals surface area contributed by atoms with Gasteiger partial charge in [0.15, 0.2) is 0 Å². The molecule has 5 heteroatoms. The SMILES string of the molecule is Cc1cc(SCC(=O)NCCCCO)c(C)cc1Br. The fraction of sp³-hybridized carbons (Fsp3) is 0.500. The van der Waals surface area contributed by atoms with Gasteiger partial charge in [0, 0.05) is 22.5 Å². The number of halogens is 1. The third-order valence-corrected chi connectivity index (χ3v) is 4.73. The number of hydrogen-bond donors (Lipinski definition) is 2. The summed E-state index contributed by atoms with van der Waals surface area (Å²) in [6.07, 6.45) is 1.56. The normalized spacial score (nSPS) is 10.5. The van der Waals surface area contributed by atoms with E-state index in [9.17, 15) is 4.79 Å². The van der Waals surface area contributed by atoms with Crippen LogP contribution in [0.4, 0.5) is 0 Å². The maximum atomic E-state index is 11.6. The number of nitrogens with one attached hydrogen (secondary N) is 1. The van der Waals surface area contributed by atoms with Crippen molar-refractivity contribution in [1.82, 2.24) is 5.32 Å². The van der Waals surface area contributed by atoms with Gasteiger partial charge in [-0.05, 0) is 49.9 Å². The molecule has 0 fully saturated rings. The minimum Gasteiger partial charge on any atom is -0.396 e. The Morgan fingerprint density at radius 1 is 1.32 bits per heavy atom. The highest BCUT2D eigenvalue weighted by atomic mass is 79.9. The monoisotopic (exact) mass is 345 g/mol. The molecule has 3 nitrogen and oxygen atoms in total. The van der Waals surface area contributed by atoms with Crippen LogP contribution in [0.25, 0.3) is 0 Å². The van der Waals surface area contributed by atoms with Crippen molar-refractivity contribution >= 4 is 33.6 Å². The number of aliphatic hydroxyl groups is 1. The summed E-state index contributed by atoms with van der Waals surface area (Å²) in [4.78, 5) is 12.8. The second-order valence-corrected chi connectivity index (χ2v) is 6.31. The summed E-state index contributed by atoms with van der Waals surface area (Å²) in [6.45, 7) is 4.91. The maximum Gasteiger partial charge on any atom is 0.230 e. The molecule has 0 aromatic heterocycles. The van der Waals surface area contributed by atoms with E-state index >= 15 is 0 Å². The minimum atomic E-state index is 0.0444. The van der Waals surface area contributed by atoms with Crippen LogP contribution in [0.2, 0.25) is 0 Å². The fourth-order valence-electron chi connectivity index (χ4n) is 1.57. The number of thioether (sulfide) groups is 1. The number of carbonyl (C=O) groups excluding carboxylic acids is 1. The van der Waals surface area contributed by atoms with Gasteiger partial charge in [-0.25, -0.2) is 0 Å². The van der Waals surface area contributed by atoms with Gasteiger partial charge in [0.25, 0.3) is 0 Å². The fourth-order valence-corrected chi connectivity index (χ4v) is 2.96. The summed E-state index contributed by atoms with van der Waals surface area (Å²) in [7, 11) is 0. The van der Waals surface area contributed by atoms with Gasteiger partial charge in [-0.1, -0.05) is 15.9 Å². The molecule has 0 spiro atoms. The van der Waals surface area contributed by atoms with Gasteiger partial charge in [-0.2, -0.15) is 0 Å². The molecular weight excluding hydrogens is 326 g/mol. The number of amides is 1. The number of aryl methyl sites for hydroxylation is 2. The smallest absolute Gasteiger partial charge is 0.230 e. The lowest BCUT2D eigenvalue weighted by molar-refractivity contribution is -0.118. The van der Waals surface area contributed by atoms with E-state index in [-0.39, 0.29) is 12.5 Å². The van der Waals surface area contributed by atoms with Gasteiger partial charge in [-0.15, -0.1) is 11.8 Å². The van der Waals surface area contributed by atoms with E-state index in [4.69, 9.17) is 5.11 Å². The Kier molecular flexibility index (Phi) is 7.49. The zero-order valence-corrected chi connectivity index (χ0v) is 13.7. The topological polar surface area (TPSA) is 49.3 Å². The summed E-state index contributed by atoms with van der Waals surface area (Å²) in [5, 5.41) is 11.5. The first-order valence-electron chi connectivity index (χ1n) is 6.31. The molecule has 106 valence electrons. The quantitative estimate of drug-likeness (QED) is 0.589. The highest BCUT2D eigenvalue weighted by Gasteiger charge is 2.06. The predicted octanol–water partition coefficient (Wildman–Crippen LogP) is 3.05. The van der Waals surface area contributed by atoms with E-state index in [1.54, 1.807) is 11.8 Å². The second kappa shape index (κ2) is 8.61. The third-order valence-electron chi connectivity index (χ3n) is 2.72. The van der Waals surface area contributed by atoms with Gasteiger partial charge >= 0.3 is 0 Å². The van der Waals surface area contributed by atoms with Crippen molar-refractivity contribution in [2.75, 3.05) is 18.9 Å². The molecule has 0 aliphatic heterocycles. The van der Waals surface area contributed by atoms with Gasteiger partial charge in [0.1, 0.15) is 0 Å². The van der Waals surface area contributed by atoms with Crippen LogP contribution in [-0.4, -0.2) is 29.9 Å². The van der Waals surface area contributed by atoms with E-state index in [0.717, 1.165) is 22.2 Å². The van der Waals surface area contributed by atoms with Crippen LogP contribution in [0.5, 0.6) is 0 Å². The molecule has 0 aliphatic carbocycles. The molecule has 0 saturated heterocycles. The second-order valence-electron chi connectivity index (χ2n) is 4.44. The van der Waals surface area contributed by atoms with Gasteiger partial charge in [-0.3, -0.25) is 4.79 Å². The first-order valence-corrected chi connectivity index (χ1v) is 8.09. The van der Waals surface area contributed by atoms with Crippen molar-refractivity contribution in [3.05, 3.63) is 27.7 Å². The minimum absolute atomic E-state index is 0.0444. The molecule has 0 aliphatic rings. The van der Waals surface area contributed by atoms with Crippen LogP contribution in [0.15, 0.2) is 21.5 Å². The number of unbranched alkanes of at least 4 members (excludes halogenated alkanes) is 1. The zero-order valence-electron chi connectivity index (χ0n) is 11.3. The predicted molar refractivity (Wildman–Crippen MR) is 83.7 cm³/mol. The van der Waals surface area contributed by atoms with Gasteiger partial charge in [0.2, 0.25) is 5.91 Å². The van der Waals surface area contributed by atoms with E-state index in [1.165, 1.54) is 11.1 Å². The highest BCUT2D eigenvalue weighted by Crippen LogP contribution is 2.28. The number of benzene rings is 1. The van der Waals surface area contributed by atoms with Crippen LogP contribution in [0.1, 0.15) is 24.0 Å². The zero-order chi connectivity index (χ0) is 14.3. The van der Waals surface area contributed by atoms with Crippen LogP contribution >= 0.6 is 27.7 Å². The molecule has 0 atom stereocenters. The Hall–Kier alpha value is -0.520. The van der Waals surface area contributed by atoms with Gasteiger partial charge < -0.3 is 10.4 Å². The first kappa shape index (κ1) is 16.5. The van der Waals surface area contributed by atoms with Crippen molar-refractivity contribution < 1.29 is 9.90 Å². The average molecular weight is 346 g/mol. The van der Waals surface area contributed by atoms with Crippen LogP contribution < -0.4 is 5.32 Å². The molecule has 19 heavy (non-hydrogen) atoms. The Morgan fingerprint density at radius 3 is 2.74 bits per heavy atom. The molecule has 1 aromatic carbocycles. The Morgan fingerprint density at radius 2 is 2.05 bits per heavy atom. The van der Waals surface area contributed by atoms with Crippen LogP contribution in [0.3, 0.4) is 0 Å². The van der Waals surface area contributed by atoms with E-state index in [1.807, 2.05) is 13.8 Å². The van der Waals surface area contributed by atoms with Crippen molar-refractivity contribution in [2.24, 2.45) is 0 Å². The van der Waals surface area contributed by atoms with E-state index in [0.29, 0.717) is 12.3 Å². The van der Waals surface area contributed by atoms with Crippen LogP contribution in [0, 0.1) is 13.8 Å². The van der Waals surface area contributed by atoms with Gasteiger partial charge in [0.05, 0.1) is 5.75 Å². The lowest BCUT2D eigenvalue weighted by Gasteiger charge is -2.09.